The summed E-state index contributed by atoms with van der Waals surface area (Å²) >= 11 is 0. The third-order valence-corrected chi connectivity index (χ3v) is 5.69. The van der Waals surface area contributed by atoms with Gasteiger partial charge in [0.1, 0.15) is 12.6 Å². The maximum absolute atomic E-state index is 12.6. The van der Waals surface area contributed by atoms with Gasteiger partial charge in [-0.3, -0.25) is 19.3 Å². The second-order valence-electron chi connectivity index (χ2n) is 7.92. The summed E-state index contributed by atoms with van der Waals surface area (Å²) in [5.41, 5.74) is 0.807. The van der Waals surface area contributed by atoms with E-state index in [0.717, 1.165) is 24.2 Å². The Bertz CT molecular complexity index is 820. The molecule has 1 saturated carbocycles. The van der Waals surface area contributed by atoms with Crippen molar-refractivity contribution in [3.8, 4) is 12.3 Å². The van der Waals surface area contributed by atoms with Gasteiger partial charge in [-0.05, 0) is 42.7 Å². The van der Waals surface area contributed by atoms with Crippen molar-refractivity contribution in [2.24, 2.45) is 17.8 Å². The van der Waals surface area contributed by atoms with E-state index < -0.39 is 17.8 Å². The standard InChI is InChI=1S/C22H25NO4/c1-5-15-7-6-8-17-20(15)22(26)23(21(17)25)12-19(24)27-18-11-14(4)9-10-16(18)13(2)3/h1,6-8,13-14,16,18H,9-12H2,2-4H3/t14-,16+,18-/m0/s1. The summed E-state index contributed by atoms with van der Waals surface area (Å²) in [5, 5.41) is 0. The lowest BCUT2D eigenvalue weighted by molar-refractivity contribution is -0.156. The summed E-state index contributed by atoms with van der Waals surface area (Å²) in [4.78, 5) is 38.7. The summed E-state index contributed by atoms with van der Waals surface area (Å²) < 4.78 is 5.72. The third-order valence-electron chi connectivity index (χ3n) is 5.69. The van der Waals surface area contributed by atoms with Crippen LogP contribution in [0.3, 0.4) is 0 Å². The topological polar surface area (TPSA) is 63.7 Å². The van der Waals surface area contributed by atoms with Gasteiger partial charge in [-0.2, -0.15) is 0 Å². The first kappa shape index (κ1) is 19.2. The average Bonchev–Trinajstić information content (AvgIpc) is 2.86. The molecule has 2 aliphatic rings. The predicted octanol–water partition coefficient (Wildman–Crippen LogP) is 3.27. The largest absolute Gasteiger partial charge is 0.461 e. The molecular weight excluding hydrogens is 342 g/mol. The second kappa shape index (κ2) is 7.56. The highest BCUT2D eigenvalue weighted by Gasteiger charge is 2.40. The van der Waals surface area contributed by atoms with E-state index in [2.05, 4.69) is 26.7 Å². The van der Waals surface area contributed by atoms with Crippen molar-refractivity contribution in [1.29, 1.82) is 0 Å². The number of imide groups is 1. The number of carbonyl (C=O) groups is 3. The molecule has 1 aliphatic carbocycles. The van der Waals surface area contributed by atoms with Gasteiger partial charge in [0.05, 0.1) is 11.1 Å². The van der Waals surface area contributed by atoms with E-state index in [9.17, 15) is 14.4 Å². The molecule has 1 heterocycles. The fraction of sp³-hybridized carbons (Fsp3) is 0.500. The molecule has 0 saturated heterocycles. The van der Waals surface area contributed by atoms with Gasteiger partial charge in [0.25, 0.3) is 11.8 Å². The lowest BCUT2D eigenvalue weighted by Crippen LogP contribution is -2.40. The Morgan fingerprint density at radius 1 is 1.30 bits per heavy atom. The molecule has 0 radical (unpaired) electrons. The van der Waals surface area contributed by atoms with E-state index >= 15 is 0 Å². The first-order chi connectivity index (χ1) is 12.8. The number of terminal acetylenes is 1. The molecule has 0 bridgehead atoms. The molecule has 0 spiro atoms. The number of ether oxygens (including phenoxy) is 1. The predicted molar refractivity (Wildman–Crippen MR) is 101 cm³/mol. The van der Waals surface area contributed by atoms with Crippen LogP contribution in [0.5, 0.6) is 0 Å². The molecule has 1 aromatic rings. The van der Waals surface area contributed by atoms with Crippen molar-refractivity contribution < 1.29 is 19.1 Å². The third kappa shape index (κ3) is 3.62. The van der Waals surface area contributed by atoms with Crippen LogP contribution in [-0.2, 0) is 9.53 Å². The Hall–Kier alpha value is -2.61. The molecular formula is C22H25NO4. The summed E-state index contributed by atoms with van der Waals surface area (Å²) in [6.07, 6.45) is 8.23. The molecule has 5 heteroatoms. The van der Waals surface area contributed by atoms with Crippen LogP contribution in [0.25, 0.3) is 0 Å². The fourth-order valence-electron chi connectivity index (χ4n) is 4.18. The Labute approximate surface area is 160 Å². The van der Waals surface area contributed by atoms with Crippen LogP contribution >= 0.6 is 0 Å². The van der Waals surface area contributed by atoms with Crippen molar-refractivity contribution in [2.45, 2.75) is 46.1 Å². The van der Waals surface area contributed by atoms with Crippen LogP contribution < -0.4 is 0 Å². The minimum atomic E-state index is -0.545. The maximum Gasteiger partial charge on any atom is 0.326 e. The Balaban J connectivity index is 1.72. The first-order valence-electron chi connectivity index (χ1n) is 9.48. The van der Waals surface area contributed by atoms with Gasteiger partial charge < -0.3 is 4.74 Å². The number of fused-ring (bicyclic) bond motifs is 1. The molecule has 0 aromatic heterocycles. The highest BCUT2D eigenvalue weighted by atomic mass is 16.5. The number of rotatable bonds is 4. The van der Waals surface area contributed by atoms with Crippen LogP contribution in [0.2, 0.25) is 0 Å². The normalized spacial score (nSPS) is 24.7. The number of amides is 2. The van der Waals surface area contributed by atoms with Crippen LogP contribution in [0, 0.1) is 30.1 Å². The zero-order valence-electron chi connectivity index (χ0n) is 16.0. The summed E-state index contributed by atoms with van der Waals surface area (Å²) in [5.74, 6) is 2.06. The van der Waals surface area contributed by atoms with Gasteiger partial charge in [-0.25, -0.2) is 0 Å². The molecule has 3 atom stereocenters. The minimum absolute atomic E-state index is 0.169. The lowest BCUT2D eigenvalue weighted by atomic mass is 9.75. The molecule has 142 valence electrons. The van der Waals surface area contributed by atoms with E-state index in [1.807, 2.05) is 0 Å². The smallest absolute Gasteiger partial charge is 0.326 e. The van der Waals surface area contributed by atoms with E-state index in [1.54, 1.807) is 18.2 Å². The monoisotopic (exact) mass is 367 g/mol. The number of carbonyl (C=O) groups excluding carboxylic acids is 3. The maximum atomic E-state index is 12.6. The molecule has 1 fully saturated rings. The summed E-state index contributed by atoms with van der Waals surface area (Å²) in [6, 6.07) is 4.81. The Kier molecular flexibility index (Phi) is 5.36. The van der Waals surface area contributed by atoms with Crippen molar-refractivity contribution in [2.75, 3.05) is 6.54 Å². The van der Waals surface area contributed by atoms with E-state index in [0.29, 0.717) is 23.3 Å². The zero-order valence-corrected chi connectivity index (χ0v) is 16.0. The number of nitrogens with zero attached hydrogens (tertiary/aromatic N) is 1. The Morgan fingerprint density at radius 3 is 2.70 bits per heavy atom. The average molecular weight is 367 g/mol. The molecule has 3 rings (SSSR count). The van der Waals surface area contributed by atoms with Crippen LogP contribution in [0.15, 0.2) is 18.2 Å². The highest BCUT2D eigenvalue weighted by Crippen LogP contribution is 2.35. The van der Waals surface area contributed by atoms with Crippen LogP contribution in [-0.4, -0.2) is 35.3 Å². The van der Waals surface area contributed by atoms with Crippen molar-refractivity contribution >= 4 is 17.8 Å². The van der Waals surface area contributed by atoms with Crippen LogP contribution in [0.4, 0.5) is 0 Å². The second-order valence-corrected chi connectivity index (χ2v) is 7.92. The van der Waals surface area contributed by atoms with Gasteiger partial charge in [0.2, 0.25) is 0 Å². The highest BCUT2D eigenvalue weighted by molar-refractivity contribution is 6.23. The number of hydrogen-bond donors (Lipinski definition) is 0. The van der Waals surface area contributed by atoms with E-state index in [1.165, 1.54) is 0 Å². The number of esters is 1. The SMILES string of the molecule is C#Cc1cccc2c1C(=O)N(CC(=O)O[C@H]1C[C@@H](C)CC[C@@H]1C(C)C)C2=O. The van der Waals surface area contributed by atoms with Gasteiger partial charge in [-0.15, -0.1) is 6.42 Å². The summed E-state index contributed by atoms with van der Waals surface area (Å²) in [7, 11) is 0. The molecule has 1 aliphatic heterocycles. The van der Waals surface area contributed by atoms with E-state index in [-0.39, 0.29) is 23.8 Å². The molecule has 2 amide bonds. The molecule has 1 aromatic carbocycles. The number of benzene rings is 1. The minimum Gasteiger partial charge on any atom is -0.461 e. The van der Waals surface area contributed by atoms with Gasteiger partial charge in [0.15, 0.2) is 0 Å². The number of hydrogen-bond acceptors (Lipinski definition) is 4. The van der Waals surface area contributed by atoms with Crippen molar-refractivity contribution in [3.63, 3.8) is 0 Å². The van der Waals surface area contributed by atoms with Crippen molar-refractivity contribution in [1.82, 2.24) is 4.90 Å². The zero-order chi connectivity index (χ0) is 19.7. The lowest BCUT2D eigenvalue weighted by Gasteiger charge is -2.36. The molecule has 0 N–H and O–H groups in total. The Morgan fingerprint density at radius 2 is 2.04 bits per heavy atom. The molecule has 5 nitrogen and oxygen atoms in total. The summed E-state index contributed by atoms with van der Waals surface area (Å²) in [6.45, 7) is 6.04. The fourth-order valence-corrected chi connectivity index (χ4v) is 4.18. The van der Waals surface area contributed by atoms with E-state index in [4.69, 9.17) is 11.2 Å². The first-order valence-corrected chi connectivity index (χ1v) is 9.48. The van der Waals surface area contributed by atoms with Crippen molar-refractivity contribution in [3.05, 3.63) is 34.9 Å². The van der Waals surface area contributed by atoms with Crippen LogP contribution in [0.1, 0.15) is 66.3 Å². The van der Waals surface area contributed by atoms with Gasteiger partial charge in [-0.1, -0.05) is 39.2 Å². The molecule has 0 unspecified atom stereocenters. The van der Waals surface area contributed by atoms with Gasteiger partial charge in [0, 0.05) is 5.56 Å². The quantitative estimate of drug-likeness (QED) is 0.465. The van der Waals surface area contributed by atoms with Gasteiger partial charge >= 0.3 is 5.97 Å². The molecule has 27 heavy (non-hydrogen) atoms.